The van der Waals surface area contributed by atoms with Crippen LogP contribution in [0.5, 0.6) is 0 Å². The number of hydrogen-bond donors (Lipinski definition) is 0. The average Bonchev–Trinajstić information content (AvgIpc) is 2.46. The number of piperazine rings is 1. The lowest BCUT2D eigenvalue weighted by Crippen LogP contribution is -2.50. The minimum absolute atomic E-state index is 0.0139. The molecule has 0 bridgehead atoms. The standard InChI is InChI=1S/C16H33N3O2/c1-16(2,3)21-15-12-18-7-4-17(5-8-18)6-9-19-10-13-20-14-11-19/h4-15H2,1-3H3. The van der Waals surface area contributed by atoms with Gasteiger partial charge in [0.05, 0.1) is 25.4 Å². The van der Waals surface area contributed by atoms with Gasteiger partial charge in [0.25, 0.3) is 0 Å². The molecule has 0 radical (unpaired) electrons. The van der Waals surface area contributed by atoms with Crippen molar-refractivity contribution >= 4 is 0 Å². The molecule has 124 valence electrons. The second kappa shape index (κ2) is 8.44. The predicted octanol–water partition coefficient (Wildman–Crippen LogP) is 0.751. The van der Waals surface area contributed by atoms with Crippen LogP contribution in [0, 0.1) is 0 Å². The molecule has 2 fully saturated rings. The molecule has 0 atom stereocenters. The molecular weight excluding hydrogens is 266 g/mol. The smallest absolute Gasteiger partial charge is 0.0600 e. The Hall–Kier alpha value is -0.200. The summed E-state index contributed by atoms with van der Waals surface area (Å²) in [4.78, 5) is 7.64. The van der Waals surface area contributed by atoms with Gasteiger partial charge in [-0.1, -0.05) is 0 Å². The molecule has 2 saturated heterocycles. The van der Waals surface area contributed by atoms with Crippen LogP contribution in [0.25, 0.3) is 0 Å². The highest BCUT2D eigenvalue weighted by atomic mass is 16.5. The number of morpholine rings is 1. The van der Waals surface area contributed by atoms with Gasteiger partial charge >= 0.3 is 0 Å². The van der Waals surface area contributed by atoms with Crippen LogP contribution < -0.4 is 0 Å². The average molecular weight is 299 g/mol. The number of rotatable bonds is 6. The zero-order valence-electron chi connectivity index (χ0n) is 14.1. The Morgan fingerprint density at radius 1 is 0.762 bits per heavy atom. The maximum Gasteiger partial charge on any atom is 0.0600 e. The van der Waals surface area contributed by atoms with Gasteiger partial charge in [-0.25, -0.2) is 0 Å². The van der Waals surface area contributed by atoms with Crippen LogP contribution in [0.1, 0.15) is 20.8 Å². The topological polar surface area (TPSA) is 28.2 Å². The van der Waals surface area contributed by atoms with Crippen molar-refractivity contribution in [3.05, 3.63) is 0 Å². The molecule has 2 aliphatic rings. The van der Waals surface area contributed by atoms with Crippen molar-refractivity contribution in [3.63, 3.8) is 0 Å². The van der Waals surface area contributed by atoms with E-state index in [0.29, 0.717) is 0 Å². The van der Waals surface area contributed by atoms with E-state index in [-0.39, 0.29) is 5.60 Å². The summed E-state index contributed by atoms with van der Waals surface area (Å²) in [6, 6.07) is 0. The van der Waals surface area contributed by atoms with E-state index in [0.717, 1.165) is 39.5 Å². The van der Waals surface area contributed by atoms with Gasteiger partial charge < -0.3 is 9.47 Å². The maximum absolute atomic E-state index is 5.81. The Balaban J connectivity index is 1.53. The first-order valence-electron chi connectivity index (χ1n) is 8.42. The van der Waals surface area contributed by atoms with Gasteiger partial charge in [0.1, 0.15) is 0 Å². The molecule has 5 nitrogen and oxygen atoms in total. The van der Waals surface area contributed by atoms with Crippen molar-refractivity contribution in [1.29, 1.82) is 0 Å². The summed E-state index contributed by atoms with van der Waals surface area (Å²) in [6.45, 7) is 19.4. The van der Waals surface area contributed by atoms with Crippen molar-refractivity contribution in [2.45, 2.75) is 26.4 Å². The molecule has 0 N–H and O–H groups in total. The highest BCUT2D eigenvalue weighted by Gasteiger charge is 2.19. The third kappa shape index (κ3) is 7.06. The van der Waals surface area contributed by atoms with E-state index in [4.69, 9.17) is 9.47 Å². The van der Waals surface area contributed by atoms with Gasteiger partial charge in [-0.2, -0.15) is 0 Å². The fourth-order valence-electron chi connectivity index (χ4n) is 2.83. The third-order valence-electron chi connectivity index (χ3n) is 4.24. The van der Waals surface area contributed by atoms with E-state index >= 15 is 0 Å². The minimum Gasteiger partial charge on any atom is -0.379 e. The first-order valence-corrected chi connectivity index (χ1v) is 8.42. The van der Waals surface area contributed by atoms with E-state index in [1.54, 1.807) is 0 Å². The molecule has 2 heterocycles. The second-order valence-corrected chi connectivity index (χ2v) is 7.10. The summed E-state index contributed by atoms with van der Waals surface area (Å²) in [5.74, 6) is 0. The van der Waals surface area contributed by atoms with E-state index in [2.05, 4.69) is 35.5 Å². The van der Waals surface area contributed by atoms with Gasteiger partial charge in [0, 0.05) is 58.9 Å². The highest BCUT2D eigenvalue weighted by Crippen LogP contribution is 2.08. The van der Waals surface area contributed by atoms with Crippen molar-refractivity contribution in [3.8, 4) is 0 Å². The fourth-order valence-corrected chi connectivity index (χ4v) is 2.83. The van der Waals surface area contributed by atoms with Crippen molar-refractivity contribution < 1.29 is 9.47 Å². The van der Waals surface area contributed by atoms with Crippen LogP contribution >= 0.6 is 0 Å². The molecule has 0 aromatic heterocycles. The summed E-state index contributed by atoms with van der Waals surface area (Å²) in [5, 5.41) is 0. The lowest BCUT2D eigenvalue weighted by molar-refractivity contribution is -0.0185. The molecule has 0 spiro atoms. The lowest BCUT2D eigenvalue weighted by atomic mass is 10.2. The van der Waals surface area contributed by atoms with Crippen LogP contribution in [0.2, 0.25) is 0 Å². The Kier molecular flexibility index (Phi) is 6.89. The molecule has 0 unspecified atom stereocenters. The van der Waals surface area contributed by atoms with Gasteiger partial charge in [0.15, 0.2) is 0 Å². The Morgan fingerprint density at radius 2 is 1.24 bits per heavy atom. The number of ether oxygens (including phenoxy) is 2. The predicted molar refractivity (Wildman–Crippen MR) is 85.8 cm³/mol. The largest absolute Gasteiger partial charge is 0.379 e. The Labute approximate surface area is 130 Å². The SMILES string of the molecule is CC(C)(C)OCCN1CCN(CCN2CCOCC2)CC1. The van der Waals surface area contributed by atoms with E-state index in [1.165, 1.54) is 39.3 Å². The van der Waals surface area contributed by atoms with Crippen LogP contribution in [-0.4, -0.2) is 99.0 Å². The molecule has 0 saturated carbocycles. The van der Waals surface area contributed by atoms with Gasteiger partial charge in [-0.3, -0.25) is 14.7 Å². The van der Waals surface area contributed by atoms with E-state index < -0.39 is 0 Å². The van der Waals surface area contributed by atoms with Crippen molar-refractivity contribution in [1.82, 2.24) is 14.7 Å². The van der Waals surface area contributed by atoms with Crippen LogP contribution in [-0.2, 0) is 9.47 Å². The molecule has 0 aromatic carbocycles. The van der Waals surface area contributed by atoms with Gasteiger partial charge in [-0.15, -0.1) is 0 Å². The summed E-state index contributed by atoms with van der Waals surface area (Å²) in [7, 11) is 0. The molecule has 21 heavy (non-hydrogen) atoms. The lowest BCUT2D eigenvalue weighted by Gasteiger charge is -2.36. The first-order chi connectivity index (χ1) is 10.0. The molecule has 2 rings (SSSR count). The van der Waals surface area contributed by atoms with Crippen molar-refractivity contribution in [2.75, 3.05) is 78.7 Å². The Bertz CT molecular complexity index is 280. The molecular formula is C16H33N3O2. The summed E-state index contributed by atoms with van der Waals surface area (Å²) >= 11 is 0. The summed E-state index contributed by atoms with van der Waals surface area (Å²) in [6.07, 6.45) is 0. The van der Waals surface area contributed by atoms with E-state index in [9.17, 15) is 0 Å². The number of hydrogen-bond acceptors (Lipinski definition) is 5. The van der Waals surface area contributed by atoms with Crippen LogP contribution in [0.4, 0.5) is 0 Å². The maximum atomic E-state index is 5.81. The van der Waals surface area contributed by atoms with Gasteiger partial charge in [-0.05, 0) is 20.8 Å². The zero-order chi connectivity index (χ0) is 15.1. The molecule has 5 heteroatoms. The quantitative estimate of drug-likeness (QED) is 0.722. The minimum atomic E-state index is -0.0139. The monoisotopic (exact) mass is 299 g/mol. The van der Waals surface area contributed by atoms with Crippen LogP contribution in [0.3, 0.4) is 0 Å². The molecule has 0 aromatic rings. The third-order valence-corrected chi connectivity index (χ3v) is 4.24. The summed E-state index contributed by atoms with van der Waals surface area (Å²) in [5.41, 5.74) is -0.0139. The fraction of sp³-hybridized carbons (Fsp3) is 1.00. The Morgan fingerprint density at radius 3 is 1.76 bits per heavy atom. The van der Waals surface area contributed by atoms with Crippen LogP contribution in [0.15, 0.2) is 0 Å². The molecule has 0 aliphatic carbocycles. The van der Waals surface area contributed by atoms with Crippen molar-refractivity contribution in [2.24, 2.45) is 0 Å². The second-order valence-electron chi connectivity index (χ2n) is 7.10. The normalized spacial score (nSPS) is 23.6. The van der Waals surface area contributed by atoms with E-state index in [1.807, 2.05) is 0 Å². The summed E-state index contributed by atoms with van der Waals surface area (Å²) < 4.78 is 11.2. The first kappa shape index (κ1) is 17.2. The molecule has 0 amide bonds. The zero-order valence-corrected chi connectivity index (χ0v) is 14.1. The number of nitrogens with zero attached hydrogens (tertiary/aromatic N) is 3. The highest BCUT2D eigenvalue weighted by molar-refractivity contribution is 4.74. The molecule has 2 aliphatic heterocycles. The van der Waals surface area contributed by atoms with Gasteiger partial charge in [0.2, 0.25) is 0 Å².